The largest absolute Gasteiger partial charge is 0.481 e. The molecule has 5 heteroatoms. The van der Waals surface area contributed by atoms with E-state index in [9.17, 15) is 14.4 Å². The minimum absolute atomic E-state index is 0.0209. The average molecular weight is 249 g/mol. The Hall–Kier alpha value is -2.17. The summed E-state index contributed by atoms with van der Waals surface area (Å²) < 4.78 is 0. The number of hydrogen-bond acceptors (Lipinski definition) is 3. The van der Waals surface area contributed by atoms with Gasteiger partial charge in [-0.15, -0.1) is 0 Å². The van der Waals surface area contributed by atoms with Gasteiger partial charge in [0.1, 0.15) is 0 Å². The summed E-state index contributed by atoms with van der Waals surface area (Å²) in [4.78, 5) is 32.7. The van der Waals surface area contributed by atoms with Gasteiger partial charge >= 0.3 is 5.97 Å². The smallest absolute Gasteiger partial charge is 0.305 e. The van der Waals surface area contributed by atoms with Crippen molar-refractivity contribution in [3.8, 4) is 0 Å². The van der Waals surface area contributed by atoms with Gasteiger partial charge in [0.25, 0.3) is 0 Å². The molecule has 0 radical (unpaired) electrons. The number of ketones is 1. The van der Waals surface area contributed by atoms with Crippen molar-refractivity contribution in [3.05, 3.63) is 35.4 Å². The maximum Gasteiger partial charge on any atom is 0.305 e. The van der Waals surface area contributed by atoms with Crippen LogP contribution in [-0.4, -0.2) is 29.3 Å². The molecule has 0 aliphatic heterocycles. The summed E-state index contributed by atoms with van der Waals surface area (Å²) in [5.74, 6) is -1.19. The Morgan fingerprint density at radius 1 is 1.17 bits per heavy atom. The van der Waals surface area contributed by atoms with Gasteiger partial charge < -0.3 is 10.4 Å². The Morgan fingerprint density at radius 3 is 2.28 bits per heavy atom. The van der Waals surface area contributed by atoms with Crippen molar-refractivity contribution in [1.82, 2.24) is 5.32 Å². The third-order valence-electron chi connectivity index (χ3n) is 2.39. The molecule has 96 valence electrons. The standard InChI is InChI=1S/C13H15NO4/c1-9(15)11-4-2-10(3-5-11)8-12(16)14-7-6-13(17)18/h2-5H,6-8H2,1H3,(H,14,16)(H,17,18). The van der Waals surface area contributed by atoms with Gasteiger partial charge in [0.05, 0.1) is 12.8 Å². The van der Waals surface area contributed by atoms with Crippen LogP contribution in [0.3, 0.4) is 0 Å². The van der Waals surface area contributed by atoms with E-state index in [2.05, 4.69) is 5.32 Å². The highest BCUT2D eigenvalue weighted by Gasteiger charge is 2.05. The van der Waals surface area contributed by atoms with Crippen LogP contribution in [0.2, 0.25) is 0 Å². The normalized spacial score (nSPS) is 9.83. The minimum atomic E-state index is -0.943. The molecule has 0 saturated heterocycles. The van der Waals surface area contributed by atoms with Gasteiger partial charge in [-0.05, 0) is 12.5 Å². The fourth-order valence-electron chi connectivity index (χ4n) is 1.41. The van der Waals surface area contributed by atoms with E-state index in [1.807, 2.05) is 0 Å². The number of hydrogen-bond donors (Lipinski definition) is 2. The van der Waals surface area contributed by atoms with E-state index in [-0.39, 0.29) is 31.1 Å². The monoisotopic (exact) mass is 249 g/mol. The third kappa shape index (κ3) is 4.78. The third-order valence-corrected chi connectivity index (χ3v) is 2.39. The molecule has 18 heavy (non-hydrogen) atoms. The number of benzene rings is 1. The van der Waals surface area contributed by atoms with Crippen LogP contribution in [0, 0.1) is 0 Å². The second-order valence-corrected chi connectivity index (χ2v) is 3.92. The average Bonchev–Trinajstić information content (AvgIpc) is 2.29. The summed E-state index contributed by atoms with van der Waals surface area (Å²) in [7, 11) is 0. The molecule has 1 aromatic rings. The Labute approximate surface area is 105 Å². The summed E-state index contributed by atoms with van der Waals surface area (Å²) in [6.07, 6.45) is 0.0901. The molecule has 1 rings (SSSR count). The molecule has 0 unspecified atom stereocenters. The zero-order valence-corrected chi connectivity index (χ0v) is 10.1. The molecule has 0 spiro atoms. The quantitative estimate of drug-likeness (QED) is 0.737. The van der Waals surface area contributed by atoms with Gasteiger partial charge in [-0.25, -0.2) is 0 Å². The van der Waals surface area contributed by atoms with Gasteiger partial charge in [0.2, 0.25) is 5.91 Å². The second-order valence-electron chi connectivity index (χ2n) is 3.92. The van der Waals surface area contributed by atoms with Crippen LogP contribution >= 0.6 is 0 Å². The summed E-state index contributed by atoms with van der Waals surface area (Å²) in [6, 6.07) is 6.77. The van der Waals surface area contributed by atoms with Gasteiger partial charge in [-0.1, -0.05) is 24.3 Å². The predicted octanol–water partition coefficient (Wildman–Crippen LogP) is 1.02. The second kappa shape index (κ2) is 6.54. The molecule has 2 N–H and O–H groups in total. The Morgan fingerprint density at radius 2 is 1.78 bits per heavy atom. The van der Waals surface area contributed by atoms with Crippen LogP contribution in [0.15, 0.2) is 24.3 Å². The number of aliphatic carboxylic acids is 1. The summed E-state index contributed by atoms with van der Waals surface area (Å²) in [6.45, 7) is 1.60. The lowest BCUT2D eigenvalue weighted by molar-refractivity contribution is -0.136. The lowest BCUT2D eigenvalue weighted by Gasteiger charge is -2.04. The lowest BCUT2D eigenvalue weighted by Crippen LogP contribution is -2.27. The number of rotatable bonds is 6. The first kappa shape index (κ1) is 13.9. The zero-order chi connectivity index (χ0) is 13.5. The van der Waals surface area contributed by atoms with E-state index in [4.69, 9.17) is 5.11 Å². The topological polar surface area (TPSA) is 83.5 Å². The van der Waals surface area contributed by atoms with E-state index >= 15 is 0 Å². The van der Waals surface area contributed by atoms with E-state index in [0.29, 0.717) is 5.56 Å². The molecular weight excluding hydrogens is 234 g/mol. The van der Waals surface area contributed by atoms with Gasteiger partial charge in [-0.2, -0.15) is 0 Å². The molecule has 0 heterocycles. The highest BCUT2D eigenvalue weighted by molar-refractivity contribution is 5.94. The zero-order valence-electron chi connectivity index (χ0n) is 10.1. The molecule has 1 aromatic carbocycles. The predicted molar refractivity (Wildman–Crippen MR) is 65.4 cm³/mol. The minimum Gasteiger partial charge on any atom is -0.481 e. The molecule has 0 aliphatic carbocycles. The van der Waals surface area contributed by atoms with Crippen LogP contribution in [0.4, 0.5) is 0 Å². The van der Waals surface area contributed by atoms with Crippen molar-refractivity contribution in [2.75, 3.05) is 6.54 Å². The Balaban J connectivity index is 2.44. The first-order valence-electron chi connectivity index (χ1n) is 5.57. The van der Waals surface area contributed by atoms with E-state index in [0.717, 1.165) is 5.56 Å². The van der Waals surface area contributed by atoms with Crippen molar-refractivity contribution in [1.29, 1.82) is 0 Å². The molecule has 0 atom stereocenters. The molecule has 0 aromatic heterocycles. The van der Waals surface area contributed by atoms with Crippen molar-refractivity contribution >= 4 is 17.7 Å². The number of Topliss-reactive ketones (excluding diaryl/α,β-unsaturated/α-hetero) is 1. The van der Waals surface area contributed by atoms with Crippen molar-refractivity contribution in [3.63, 3.8) is 0 Å². The maximum absolute atomic E-state index is 11.4. The molecule has 0 fully saturated rings. The van der Waals surface area contributed by atoms with Crippen LogP contribution in [0.1, 0.15) is 29.3 Å². The number of carbonyl (C=O) groups excluding carboxylic acids is 2. The molecular formula is C13H15NO4. The molecule has 0 bridgehead atoms. The first-order chi connectivity index (χ1) is 8.49. The molecule has 0 aliphatic rings. The first-order valence-corrected chi connectivity index (χ1v) is 5.57. The van der Waals surface area contributed by atoms with E-state index < -0.39 is 5.97 Å². The van der Waals surface area contributed by atoms with Crippen LogP contribution in [-0.2, 0) is 16.0 Å². The number of carboxylic acids is 1. The van der Waals surface area contributed by atoms with Crippen LogP contribution in [0.5, 0.6) is 0 Å². The fourth-order valence-corrected chi connectivity index (χ4v) is 1.41. The highest BCUT2D eigenvalue weighted by atomic mass is 16.4. The van der Waals surface area contributed by atoms with Crippen molar-refractivity contribution < 1.29 is 19.5 Å². The van der Waals surface area contributed by atoms with E-state index in [1.165, 1.54) is 6.92 Å². The van der Waals surface area contributed by atoms with Crippen molar-refractivity contribution in [2.45, 2.75) is 19.8 Å². The van der Waals surface area contributed by atoms with Crippen LogP contribution in [0.25, 0.3) is 0 Å². The molecule has 0 saturated carbocycles. The number of nitrogens with one attached hydrogen (secondary N) is 1. The van der Waals surface area contributed by atoms with Gasteiger partial charge in [0.15, 0.2) is 5.78 Å². The lowest BCUT2D eigenvalue weighted by atomic mass is 10.1. The van der Waals surface area contributed by atoms with Crippen LogP contribution < -0.4 is 5.32 Å². The molecule has 1 amide bonds. The SMILES string of the molecule is CC(=O)c1ccc(CC(=O)NCCC(=O)O)cc1. The number of carbonyl (C=O) groups is 3. The van der Waals surface area contributed by atoms with Gasteiger partial charge in [-0.3, -0.25) is 14.4 Å². The number of amides is 1. The maximum atomic E-state index is 11.4. The Kier molecular flexibility index (Phi) is 5.05. The highest BCUT2D eigenvalue weighted by Crippen LogP contribution is 2.05. The summed E-state index contributed by atoms with van der Waals surface area (Å²) in [5, 5.41) is 10.9. The summed E-state index contributed by atoms with van der Waals surface area (Å²) in [5.41, 5.74) is 1.39. The Bertz CT molecular complexity index is 451. The summed E-state index contributed by atoms with van der Waals surface area (Å²) >= 11 is 0. The number of carboxylic acid groups (broad SMARTS) is 1. The molecule has 5 nitrogen and oxygen atoms in total. The fraction of sp³-hybridized carbons (Fsp3) is 0.308. The van der Waals surface area contributed by atoms with Gasteiger partial charge in [0, 0.05) is 12.1 Å². The van der Waals surface area contributed by atoms with Crippen molar-refractivity contribution in [2.24, 2.45) is 0 Å². The van der Waals surface area contributed by atoms with E-state index in [1.54, 1.807) is 24.3 Å².